The third kappa shape index (κ3) is 4.60. The number of rotatable bonds is 4. The lowest BCUT2D eigenvalue weighted by Gasteiger charge is -2.40. The number of nitrogens with one attached hydrogen (secondary N) is 1. The molecule has 32 heavy (non-hydrogen) atoms. The molecule has 1 aromatic rings. The molecule has 0 radical (unpaired) electrons. The summed E-state index contributed by atoms with van der Waals surface area (Å²) in [6.07, 6.45) is 5.63. The molecule has 0 aromatic carbocycles. The van der Waals surface area contributed by atoms with Crippen molar-refractivity contribution in [2.24, 2.45) is 5.92 Å². The molecule has 0 unspecified atom stereocenters. The third-order valence-corrected chi connectivity index (χ3v) is 7.46. The van der Waals surface area contributed by atoms with Gasteiger partial charge in [0, 0.05) is 44.6 Å². The molecule has 1 atom stereocenters. The monoisotopic (exact) mass is 442 g/mol. The lowest BCUT2D eigenvalue weighted by Crippen LogP contribution is -2.47. The van der Waals surface area contributed by atoms with Crippen LogP contribution < -0.4 is 5.32 Å². The summed E-state index contributed by atoms with van der Waals surface area (Å²) < 4.78 is 0. The Morgan fingerprint density at radius 1 is 1.03 bits per heavy atom. The minimum Gasteiger partial charge on any atom is -0.373 e. The standard InChI is InChI=1S/C24H38N6O2/c1-16(2)28-12-8-18(9-13-28)24(32)30-11-6-5-7-21(30)23-26-20-15-29(17(3)31)14-10-19(20)22(25-4)27-23/h16,18,21H,5-15H2,1-4H3,(H,25,26,27)/t21-/m0/s1. The maximum absolute atomic E-state index is 13.6. The van der Waals surface area contributed by atoms with Crippen LogP contribution in [0.5, 0.6) is 0 Å². The molecule has 2 saturated heterocycles. The predicted molar refractivity (Wildman–Crippen MR) is 124 cm³/mol. The van der Waals surface area contributed by atoms with E-state index in [2.05, 4.69) is 29.0 Å². The highest BCUT2D eigenvalue weighted by molar-refractivity contribution is 5.79. The largest absolute Gasteiger partial charge is 0.373 e. The SMILES string of the molecule is CNc1nc([C@@H]2CCCCN2C(=O)C2CCN(C(C)C)CC2)nc2c1CCN(C(C)=O)C2. The topological polar surface area (TPSA) is 81.7 Å². The lowest BCUT2D eigenvalue weighted by molar-refractivity contribution is -0.141. The smallest absolute Gasteiger partial charge is 0.226 e. The number of amides is 2. The molecule has 2 fully saturated rings. The molecule has 1 aromatic heterocycles. The summed E-state index contributed by atoms with van der Waals surface area (Å²) in [5.41, 5.74) is 2.02. The molecule has 0 spiro atoms. The summed E-state index contributed by atoms with van der Waals surface area (Å²) >= 11 is 0. The number of nitrogens with zero attached hydrogens (tertiary/aromatic N) is 5. The van der Waals surface area contributed by atoms with Crippen molar-refractivity contribution in [1.29, 1.82) is 0 Å². The number of piperidine rings is 2. The molecular weight excluding hydrogens is 404 g/mol. The van der Waals surface area contributed by atoms with Gasteiger partial charge in [0.2, 0.25) is 11.8 Å². The predicted octanol–water partition coefficient (Wildman–Crippen LogP) is 2.60. The second-order valence-electron chi connectivity index (χ2n) is 9.74. The van der Waals surface area contributed by atoms with E-state index >= 15 is 0 Å². The zero-order valence-electron chi connectivity index (χ0n) is 20.1. The van der Waals surface area contributed by atoms with E-state index in [1.807, 2.05) is 11.9 Å². The summed E-state index contributed by atoms with van der Waals surface area (Å²) in [6.45, 7) is 10.0. The van der Waals surface area contributed by atoms with E-state index in [1.54, 1.807) is 6.92 Å². The molecular formula is C24H38N6O2. The molecule has 1 N–H and O–H groups in total. The van der Waals surface area contributed by atoms with Crippen molar-refractivity contribution in [3.8, 4) is 0 Å². The average molecular weight is 443 g/mol. The van der Waals surface area contributed by atoms with Gasteiger partial charge in [-0.3, -0.25) is 9.59 Å². The zero-order chi connectivity index (χ0) is 22.8. The number of fused-ring (bicyclic) bond motifs is 1. The first kappa shape index (κ1) is 23.0. The Morgan fingerprint density at radius 2 is 1.78 bits per heavy atom. The minimum absolute atomic E-state index is 0.0732. The summed E-state index contributed by atoms with van der Waals surface area (Å²) in [4.78, 5) is 41.7. The van der Waals surface area contributed by atoms with Crippen LogP contribution in [0, 0.1) is 5.92 Å². The second-order valence-corrected chi connectivity index (χ2v) is 9.74. The van der Waals surface area contributed by atoms with Crippen molar-refractivity contribution in [1.82, 2.24) is 24.7 Å². The van der Waals surface area contributed by atoms with E-state index in [0.717, 1.165) is 81.1 Å². The van der Waals surface area contributed by atoms with Gasteiger partial charge < -0.3 is 20.0 Å². The number of hydrogen-bond acceptors (Lipinski definition) is 6. The summed E-state index contributed by atoms with van der Waals surface area (Å²) in [6, 6.07) is 0.455. The maximum Gasteiger partial charge on any atom is 0.226 e. The van der Waals surface area contributed by atoms with E-state index in [1.165, 1.54) is 0 Å². The highest BCUT2D eigenvalue weighted by Crippen LogP contribution is 2.34. The van der Waals surface area contributed by atoms with Gasteiger partial charge in [-0.25, -0.2) is 9.97 Å². The first-order chi connectivity index (χ1) is 15.4. The third-order valence-electron chi connectivity index (χ3n) is 7.46. The van der Waals surface area contributed by atoms with Gasteiger partial charge in [-0.05, 0) is 65.5 Å². The Bertz CT molecular complexity index is 849. The molecule has 0 bridgehead atoms. The van der Waals surface area contributed by atoms with Gasteiger partial charge in [-0.2, -0.15) is 0 Å². The molecule has 4 rings (SSSR count). The number of aromatic nitrogens is 2. The van der Waals surface area contributed by atoms with Gasteiger partial charge in [0.15, 0.2) is 5.82 Å². The highest BCUT2D eigenvalue weighted by atomic mass is 16.2. The molecule has 3 aliphatic rings. The Kier molecular flexibility index (Phi) is 6.98. The zero-order valence-corrected chi connectivity index (χ0v) is 20.1. The normalized spacial score (nSPS) is 22.7. The van der Waals surface area contributed by atoms with Gasteiger partial charge >= 0.3 is 0 Å². The average Bonchev–Trinajstić information content (AvgIpc) is 2.82. The van der Waals surface area contributed by atoms with Crippen molar-refractivity contribution in [2.45, 2.75) is 77.9 Å². The van der Waals surface area contributed by atoms with E-state index in [-0.39, 0.29) is 23.8 Å². The molecule has 0 saturated carbocycles. The highest BCUT2D eigenvalue weighted by Gasteiger charge is 2.36. The van der Waals surface area contributed by atoms with E-state index in [0.29, 0.717) is 19.1 Å². The van der Waals surface area contributed by atoms with Crippen molar-refractivity contribution in [2.75, 3.05) is 38.5 Å². The van der Waals surface area contributed by atoms with E-state index in [4.69, 9.17) is 9.97 Å². The fourth-order valence-corrected chi connectivity index (χ4v) is 5.44. The van der Waals surface area contributed by atoms with Crippen LogP contribution in [0.25, 0.3) is 0 Å². The van der Waals surface area contributed by atoms with Crippen LogP contribution in [-0.2, 0) is 22.6 Å². The van der Waals surface area contributed by atoms with Gasteiger partial charge in [0.05, 0.1) is 18.3 Å². The number of anilines is 1. The molecule has 0 aliphatic carbocycles. The Labute approximate surface area is 191 Å². The van der Waals surface area contributed by atoms with Crippen LogP contribution in [0.1, 0.15) is 76.0 Å². The minimum atomic E-state index is -0.0792. The fourth-order valence-electron chi connectivity index (χ4n) is 5.44. The fraction of sp³-hybridized carbons (Fsp3) is 0.750. The van der Waals surface area contributed by atoms with E-state index < -0.39 is 0 Å². The van der Waals surface area contributed by atoms with E-state index in [9.17, 15) is 9.59 Å². The Morgan fingerprint density at radius 3 is 2.44 bits per heavy atom. The quantitative estimate of drug-likeness (QED) is 0.772. The Hall–Kier alpha value is -2.22. The maximum atomic E-state index is 13.6. The van der Waals surface area contributed by atoms with Crippen LogP contribution in [0.15, 0.2) is 0 Å². The van der Waals surface area contributed by atoms with Crippen LogP contribution in [-0.4, -0.2) is 75.8 Å². The van der Waals surface area contributed by atoms with Gasteiger partial charge in [-0.1, -0.05) is 0 Å². The molecule has 3 aliphatic heterocycles. The molecule has 2 amide bonds. The molecule has 8 nitrogen and oxygen atoms in total. The molecule has 4 heterocycles. The number of hydrogen-bond donors (Lipinski definition) is 1. The molecule has 176 valence electrons. The van der Waals surface area contributed by atoms with Crippen molar-refractivity contribution in [3.63, 3.8) is 0 Å². The summed E-state index contributed by atoms with van der Waals surface area (Å²) in [5.74, 6) is 2.02. The Balaban J connectivity index is 1.57. The van der Waals surface area contributed by atoms with Crippen LogP contribution in [0.4, 0.5) is 5.82 Å². The van der Waals surface area contributed by atoms with Crippen LogP contribution >= 0.6 is 0 Å². The summed E-state index contributed by atoms with van der Waals surface area (Å²) in [7, 11) is 1.88. The van der Waals surface area contributed by atoms with Crippen LogP contribution in [0.2, 0.25) is 0 Å². The van der Waals surface area contributed by atoms with Crippen molar-refractivity contribution >= 4 is 17.6 Å². The molecule has 8 heteroatoms. The number of carbonyl (C=O) groups is 2. The summed E-state index contributed by atoms with van der Waals surface area (Å²) in [5, 5.41) is 3.24. The lowest BCUT2D eigenvalue weighted by atomic mass is 9.91. The van der Waals surface area contributed by atoms with Crippen molar-refractivity contribution in [3.05, 3.63) is 17.1 Å². The number of carbonyl (C=O) groups excluding carboxylic acids is 2. The first-order valence-electron chi connectivity index (χ1n) is 12.3. The van der Waals surface area contributed by atoms with Gasteiger partial charge in [0.25, 0.3) is 0 Å². The van der Waals surface area contributed by atoms with Gasteiger partial charge in [0.1, 0.15) is 5.82 Å². The van der Waals surface area contributed by atoms with Crippen LogP contribution in [0.3, 0.4) is 0 Å². The van der Waals surface area contributed by atoms with Gasteiger partial charge in [-0.15, -0.1) is 0 Å². The second kappa shape index (κ2) is 9.73. The van der Waals surface area contributed by atoms with Crippen molar-refractivity contribution < 1.29 is 9.59 Å². The first-order valence-corrected chi connectivity index (χ1v) is 12.3. The number of likely N-dealkylation sites (tertiary alicyclic amines) is 2.